The minimum atomic E-state index is -0.658. The molecule has 1 unspecified atom stereocenters. The van der Waals surface area contributed by atoms with Gasteiger partial charge in [-0.3, -0.25) is 0 Å². The zero-order valence-corrected chi connectivity index (χ0v) is 28.4. The van der Waals surface area contributed by atoms with Crippen LogP contribution in [0.2, 0.25) is 0 Å². The van der Waals surface area contributed by atoms with Crippen molar-refractivity contribution >= 4 is 31.8 Å². The fraction of sp³-hybridized carbons (Fsp3) is 0.263. The second-order valence-electron chi connectivity index (χ2n) is 12.3. The van der Waals surface area contributed by atoms with Gasteiger partial charge in [-0.25, -0.2) is 0 Å². The predicted octanol–water partition coefficient (Wildman–Crippen LogP) is 10.4. The third-order valence-electron chi connectivity index (χ3n) is 7.15. The van der Waals surface area contributed by atoms with Gasteiger partial charge in [-0.2, -0.15) is 12.1 Å². The minimum absolute atomic E-state index is 0. The Morgan fingerprint density at radius 1 is 0.585 bits per heavy atom. The molecule has 41 heavy (non-hydrogen) atoms. The molecular formula is C38H44FeP2-6. The predicted molar refractivity (Wildman–Crippen MR) is 183 cm³/mol. The molecule has 0 nitrogen and oxygen atoms in total. The van der Waals surface area contributed by atoms with Crippen LogP contribution in [0.4, 0.5) is 0 Å². The van der Waals surface area contributed by atoms with E-state index in [4.69, 9.17) is 0 Å². The first-order chi connectivity index (χ1) is 19.1. The van der Waals surface area contributed by atoms with Crippen molar-refractivity contribution in [2.75, 3.05) is 0 Å². The van der Waals surface area contributed by atoms with E-state index in [9.17, 15) is 0 Å². The molecule has 0 spiro atoms. The van der Waals surface area contributed by atoms with Crippen molar-refractivity contribution in [3.8, 4) is 11.1 Å². The van der Waals surface area contributed by atoms with Gasteiger partial charge in [-0.1, -0.05) is 147 Å². The molecule has 0 fully saturated rings. The van der Waals surface area contributed by atoms with Crippen LogP contribution in [0.1, 0.15) is 59.7 Å². The average Bonchev–Trinajstić information content (AvgIpc) is 3.65. The normalized spacial score (nSPS) is 12.4. The average molecular weight is 619 g/mol. The number of hydrogen-bond acceptors (Lipinski definition) is 0. The summed E-state index contributed by atoms with van der Waals surface area (Å²) in [4.78, 5) is 0. The van der Waals surface area contributed by atoms with E-state index in [0.29, 0.717) is 5.66 Å². The standard InChI is InChI=1S/C33H39P2.C5H5.Fe/c1-25(35(32(2,3)4)33(5,6)7)28-22-16-23-29(28)30-21-14-15-24-31(30)34(26-17-10-8-11-18-26)27-19-12-9-13-20-27;1-2-4-5-3-1;/h8-25H,1-7H3;1-5H;/q-1;-5;. The Hall–Kier alpha value is -2.26. The Labute approximate surface area is 262 Å². The molecule has 0 saturated heterocycles. The van der Waals surface area contributed by atoms with Gasteiger partial charge in [0.2, 0.25) is 0 Å². The number of rotatable bonds is 6. The van der Waals surface area contributed by atoms with E-state index >= 15 is 0 Å². The van der Waals surface area contributed by atoms with Crippen molar-refractivity contribution in [3.05, 3.63) is 139 Å². The van der Waals surface area contributed by atoms with E-state index in [-0.39, 0.29) is 35.3 Å². The van der Waals surface area contributed by atoms with Crippen LogP contribution in [0.5, 0.6) is 0 Å². The first-order valence-electron chi connectivity index (χ1n) is 14.3. The second kappa shape index (κ2) is 14.8. The van der Waals surface area contributed by atoms with Gasteiger partial charge in [0.05, 0.1) is 0 Å². The summed E-state index contributed by atoms with van der Waals surface area (Å²) in [5.41, 5.74) is 4.82. The zero-order chi connectivity index (χ0) is 28.8. The molecule has 5 aromatic carbocycles. The fourth-order valence-electron chi connectivity index (χ4n) is 6.15. The van der Waals surface area contributed by atoms with Crippen molar-refractivity contribution in [1.82, 2.24) is 0 Å². The van der Waals surface area contributed by atoms with Gasteiger partial charge in [0, 0.05) is 17.1 Å². The maximum atomic E-state index is 2.47. The molecule has 1 atom stereocenters. The van der Waals surface area contributed by atoms with Crippen LogP contribution in [0.3, 0.4) is 0 Å². The first-order valence-corrected chi connectivity index (χ1v) is 17.1. The van der Waals surface area contributed by atoms with Gasteiger partial charge in [-0.15, -0.1) is 17.2 Å². The Morgan fingerprint density at radius 3 is 1.49 bits per heavy atom. The van der Waals surface area contributed by atoms with Crippen molar-refractivity contribution in [2.45, 2.75) is 64.4 Å². The van der Waals surface area contributed by atoms with Crippen molar-refractivity contribution in [3.63, 3.8) is 0 Å². The zero-order valence-electron chi connectivity index (χ0n) is 25.5. The Kier molecular flexibility index (Phi) is 12.0. The molecule has 0 saturated carbocycles. The van der Waals surface area contributed by atoms with Crippen molar-refractivity contribution in [1.29, 1.82) is 0 Å². The summed E-state index contributed by atoms with van der Waals surface area (Å²) in [6, 6.07) is 48.2. The molecular weight excluding hydrogens is 574 g/mol. The summed E-state index contributed by atoms with van der Waals surface area (Å²) in [5, 5.41) is 4.79. The molecule has 0 amide bonds. The molecule has 0 N–H and O–H groups in total. The van der Waals surface area contributed by atoms with Crippen LogP contribution in [0.15, 0.2) is 133 Å². The van der Waals surface area contributed by atoms with Gasteiger partial charge in [0.1, 0.15) is 0 Å². The molecule has 5 rings (SSSR count). The Balaban J connectivity index is 0.000000696. The van der Waals surface area contributed by atoms with Crippen LogP contribution < -0.4 is 15.9 Å². The molecule has 220 valence electrons. The molecule has 5 aromatic rings. The Bertz CT molecular complexity index is 1350. The molecule has 0 radical (unpaired) electrons. The topological polar surface area (TPSA) is 0 Å². The molecule has 0 bridgehead atoms. The van der Waals surface area contributed by atoms with Crippen LogP contribution in [0.25, 0.3) is 11.1 Å². The summed E-state index contributed by atoms with van der Waals surface area (Å²) < 4.78 is 0. The third kappa shape index (κ3) is 8.40. The SMILES string of the molecule is CC([c-]1cccc1-c1ccccc1P(c1ccccc1)c1ccccc1)P(C(C)(C)C)C(C)(C)C.[Fe].[cH-]1[cH-][cH-][cH-][cH-]1. The summed E-state index contributed by atoms with van der Waals surface area (Å²) in [7, 11) is -0.927. The monoisotopic (exact) mass is 618 g/mol. The summed E-state index contributed by atoms with van der Waals surface area (Å²) in [6.45, 7) is 17.1. The van der Waals surface area contributed by atoms with Crippen molar-refractivity contribution < 1.29 is 17.1 Å². The van der Waals surface area contributed by atoms with E-state index in [1.165, 1.54) is 32.6 Å². The van der Waals surface area contributed by atoms with Gasteiger partial charge in [0.25, 0.3) is 0 Å². The van der Waals surface area contributed by atoms with E-state index in [0.717, 1.165) is 0 Å². The van der Waals surface area contributed by atoms with Crippen LogP contribution in [-0.2, 0) is 17.1 Å². The first kappa shape index (κ1) is 33.2. The largest absolute Gasteiger partial charge is 0.748 e. The molecule has 3 heteroatoms. The van der Waals surface area contributed by atoms with Crippen LogP contribution >= 0.6 is 15.8 Å². The summed E-state index contributed by atoms with van der Waals surface area (Å²) in [5.74, 6) is 0. The van der Waals surface area contributed by atoms with Crippen LogP contribution in [0, 0.1) is 0 Å². The quantitative estimate of drug-likeness (QED) is 0.101. The van der Waals surface area contributed by atoms with Gasteiger partial charge < -0.3 is 30.3 Å². The molecule has 0 heterocycles. The molecule has 0 aromatic heterocycles. The molecule has 0 aliphatic heterocycles. The molecule has 0 aliphatic carbocycles. The molecule has 0 aliphatic rings. The van der Waals surface area contributed by atoms with E-state index in [1.54, 1.807) is 0 Å². The van der Waals surface area contributed by atoms with Crippen molar-refractivity contribution in [2.24, 2.45) is 0 Å². The Morgan fingerprint density at radius 2 is 1.02 bits per heavy atom. The maximum Gasteiger partial charge on any atom is 0 e. The van der Waals surface area contributed by atoms with E-state index < -0.39 is 7.92 Å². The fourth-order valence-corrected chi connectivity index (χ4v) is 13.5. The van der Waals surface area contributed by atoms with Crippen LogP contribution in [-0.4, -0.2) is 10.3 Å². The maximum absolute atomic E-state index is 2.47. The second-order valence-corrected chi connectivity index (χ2v) is 18.7. The summed E-state index contributed by atoms with van der Waals surface area (Å²) >= 11 is 0. The van der Waals surface area contributed by atoms with Gasteiger partial charge in [-0.05, 0) is 39.8 Å². The van der Waals surface area contributed by atoms with Gasteiger partial charge >= 0.3 is 0 Å². The third-order valence-corrected chi connectivity index (χ3v) is 13.6. The van der Waals surface area contributed by atoms with E-state index in [2.05, 4.69) is 152 Å². The number of benzene rings is 3. The minimum Gasteiger partial charge on any atom is -0.748 e. The smallest absolute Gasteiger partial charge is 0 e. The number of hydrogen-bond donors (Lipinski definition) is 0. The van der Waals surface area contributed by atoms with E-state index in [1.807, 2.05) is 30.3 Å². The summed E-state index contributed by atoms with van der Waals surface area (Å²) in [6.07, 6.45) is 0. The van der Waals surface area contributed by atoms with Gasteiger partial charge in [0.15, 0.2) is 0 Å².